The molecule has 0 saturated heterocycles. The average molecular weight is 853 g/mol. The Balaban J connectivity index is 4.40. The molecule has 0 heterocycles. The average Bonchev–Trinajstić information content (AvgIpc) is 3.26. The fourth-order valence-corrected chi connectivity index (χ4v) is 7.07. The molecule has 0 rings (SSSR count). The molecule has 0 aromatic heterocycles. The van der Waals surface area contributed by atoms with E-state index in [0.717, 1.165) is 89.9 Å². The molecule has 0 N–H and O–H groups in total. The Morgan fingerprint density at radius 3 is 1.00 bits per heavy atom. The molecule has 0 aliphatic heterocycles. The van der Waals surface area contributed by atoms with Crippen molar-refractivity contribution in [2.75, 3.05) is 13.2 Å². The lowest BCUT2D eigenvalue weighted by Crippen LogP contribution is -2.30. The Bertz CT molecular complexity index is 1120. The SMILES string of the molecule is CCCCC/C=C\C/C=C\C/C=C\C/C=C\CCCCCC(=O)OC[C@H](COC(=O)CCCCCCC/C=C\CCCCCC)OC(=O)CCCCCCCCCCCCC. The van der Waals surface area contributed by atoms with E-state index in [1.807, 2.05) is 0 Å². The Kier molecular flexibility index (Phi) is 47.4. The minimum Gasteiger partial charge on any atom is -0.462 e. The summed E-state index contributed by atoms with van der Waals surface area (Å²) in [5.74, 6) is -0.924. The number of ether oxygens (including phenoxy) is 3. The van der Waals surface area contributed by atoms with Crippen molar-refractivity contribution in [3.05, 3.63) is 60.8 Å². The van der Waals surface area contributed by atoms with Crippen LogP contribution in [-0.4, -0.2) is 37.2 Å². The van der Waals surface area contributed by atoms with Crippen LogP contribution < -0.4 is 0 Å². The Morgan fingerprint density at radius 1 is 0.328 bits per heavy atom. The number of esters is 3. The van der Waals surface area contributed by atoms with E-state index in [2.05, 4.69) is 81.5 Å². The first kappa shape index (κ1) is 58.1. The van der Waals surface area contributed by atoms with Gasteiger partial charge in [0.2, 0.25) is 0 Å². The van der Waals surface area contributed by atoms with E-state index in [-0.39, 0.29) is 31.1 Å². The number of carbonyl (C=O) groups excluding carboxylic acids is 3. The van der Waals surface area contributed by atoms with Gasteiger partial charge in [-0.15, -0.1) is 0 Å². The lowest BCUT2D eigenvalue weighted by atomic mass is 10.1. The summed E-state index contributed by atoms with van der Waals surface area (Å²) in [5.41, 5.74) is 0. The van der Waals surface area contributed by atoms with Crippen molar-refractivity contribution in [3.8, 4) is 0 Å². The second-order valence-electron chi connectivity index (χ2n) is 17.1. The predicted molar refractivity (Wildman–Crippen MR) is 261 cm³/mol. The summed E-state index contributed by atoms with van der Waals surface area (Å²) in [7, 11) is 0. The molecule has 0 amide bonds. The maximum Gasteiger partial charge on any atom is 0.306 e. The van der Waals surface area contributed by atoms with Crippen LogP contribution in [-0.2, 0) is 28.6 Å². The zero-order valence-corrected chi connectivity index (χ0v) is 40.2. The van der Waals surface area contributed by atoms with Gasteiger partial charge >= 0.3 is 17.9 Å². The highest BCUT2D eigenvalue weighted by atomic mass is 16.6. The first-order chi connectivity index (χ1) is 30.0. The van der Waals surface area contributed by atoms with Gasteiger partial charge in [-0.3, -0.25) is 14.4 Å². The minimum atomic E-state index is -0.787. The molecule has 0 aliphatic rings. The highest BCUT2D eigenvalue weighted by molar-refractivity contribution is 5.71. The molecule has 0 bridgehead atoms. The summed E-state index contributed by atoms with van der Waals surface area (Å²) >= 11 is 0. The van der Waals surface area contributed by atoms with Crippen LogP contribution in [0.5, 0.6) is 0 Å². The van der Waals surface area contributed by atoms with E-state index in [1.54, 1.807) is 0 Å². The molecule has 0 radical (unpaired) electrons. The van der Waals surface area contributed by atoms with E-state index >= 15 is 0 Å². The summed E-state index contributed by atoms with van der Waals surface area (Å²) in [6.07, 6.45) is 60.6. The van der Waals surface area contributed by atoms with Crippen molar-refractivity contribution >= 4 is 17.9 Å². The van der Waals surface area contributed by atoms with Gasteiger partial charge in [-0.05, 0) is 89.9 Å². The van der Waals surface area contributed by atoms with Gasteiger partial charge in [-0.2, -0.15) is 0 Å². The Labute approximate surface area is 377 Å². The molecule has 0 spiro atoms. The van der Waals surface area contributed by atoms with Crippen molar-refractivity contribution in [1.82, 2.24) is 0 Å². The standard InChI is InChI=1S/C55H96O6/c1-4-7-10-13-16-19-22-24-25-26-27-28-29-31-34-36-39-42-45-48-54(57)60-51-52(61-55(58)49-46-43-40-37-32-21-18-15-12-9-6-3)50-59-53(56)47-44-41-38-35-33-30-23-20-17-14-11-8-5-2/h16,19-20,23-25,27-28,31,34,52H,4-15,17-18,21-22,26,29-30,32-33,35-51H2,1-3H3/b19-16-,23-20-,25-24-,28-27-,34-31-/t52-/m0/s1. The van der Waals surface area contributed by atoms with E-state index in [9.17, 15) is 14.4 Å². The Hall–Kier alpha value is -2.89. The topological polar surface area (TPSA) is 78.9 Å². The van der Waals surface area contributed by atoms with Crippen LogP contribution in [0.4, 0.5) is 0 Å². The number of allylic oxidation sites excluding steroid dienone is 10. The van der Waals surface area contributed by atoms with Crippen LogP contribution in [0.25, 0.3) is 0 Å². The van der Waals surface area contributed by atoms with Crippen molar-refractivity contribution in [1.29, 1.82) is 0 Å². The van der Waals surface area contributed by atoms with Gasteiger partial charge in [0.25, 0.3) is 0 Å². The molecule has 6 heteroatoms. The normalized spacial score (nSPS) is 12.5. The molecule has 0 fully saturated rings. The van der Waals surface area contributed by atoms with E-state index in [4.69, 9.17) is 14.2 Å². The molecule has 1 atom stereocenters. The molecule has 0 aromatic carbocycles. The second-order valence-corrected chi connectivity index (χ2v) is 17.1. The predicted octanol–water partition coefficient (Wildman–Crippen LogP) is 16.9. The van der Waals surface area contributed by atoms with Crippen molar-refractivity contribution in [3.63, 3.8) is 0 Å². The molecule has 0 aromatic rings. The summed E-state index contributed by atoms with van der Waals surface area (Å²) in [6.45, 7) is 6.55. The van der Waals surface area contributed by atoms with E-state index < -0.39 is 6.10 Å². The van der Waals surface area contributed by atoms with Crippen LogP contribution in [0, 0.1) is 0 Å². The summed E-state index contributed by atoms with van der Waals surface area (Å²) < 4.78 is 16.7. The van der Waals surface area contributed by atoms with Crippen LogP contribution in [0.1, 0.15) is 252 Å². The van der Waals surface area contributed by atoms with Crippen LogP contribution in [0.15, 0.2) is 60.8 Å². The highest BCUT2D eigenvalue weighted by Gasteiger charge is 2.19. The van der Waals surface area contributed by atoms with Gasteiger partial charge in [-0.1, -0.05) is 204 Å². The van der Waals surface area contributed by atoms with Gasteiger partial charge in [0.1, 0.15) is 13.2 Å². The molecule has 6 nitrogen and oxygen atoms in total. The van der Waals surface area contributed by atoms with Crippen molar-refractivity contribution in [2.24, 2.45) is 0 Å². The first-order valence-electron chi connectivity index (χ1n) is 25.8. The number of carbonyl (C=O) groups is 3. The van der Waals surface area contributed by atoms with Gasteiger partial charge in [0.15, 0.2) is 6.10 Å². The number of unbranched alkanes of at least 4 members (excludes halogenated alkanes) is 25. The van der Waals surface area contributed by atoms with Crippen molar-refractivity contribution in [2.45, 2.75) is 258 Å². The largest absolute Gasteiger partial charge is 0.462 e. The number of hydrogen-bond donors (Lipinski definition) is 0. The summed E-state index contributed by atoms with van der Waals surface area (Å²) in [5, 5.41) is 0. The third kappa shape index (κ3) is 48.0. The Morgan fingerprint density at radius 2 is 0.590 bits per heavy atom. The van der Waals surface area contributed by atoms with E-state index in [0.29, 0.717) is 19.3 Å². The van der Waals surface area contributed by atoms with Crippen molar-refractivity contribution < 1.29 is 28.6 Å². The summed E-state index contributed by atoms with van der Waals surface area (Å²) in [4.78, 5) is 37.9. The number of hydrogen-bond acceptors (Lipinski definition) is 6. The molecule has 0 saturated carbocycles. The molecule has 0 unspecified atom stereocenters. The highest BCUT2D eigenvalue weighted by Crippen LogP contribution is 2.14. The second kappa shape index (κ2) is 49.8. The van der Waals surface area contributed by atoms with Crippen LogP contribution in [0.2, 0.25) is 0 Å². The van der Waals surface area contributed by atoms with Crippen LogP contribution in [0.3, 0.4) is 0 Å². The van der Waals surface area contributed by atoms with Gasteiger partial charge in [0.05, 0.1) is 0 Å². The number of rotatable bonds is 46. The molecular formula is C55H96O6. The monoisotopic (exact) mass is 853 g/mol. The summed E-state index contributed by atoms with van der Waals surface area (Å²) in [6, 6.07) is 0. The fourth-order valence-electron chi connectivity index (χ4n) is 7.07. The third-order valence-electron chi connectivity index (χ3n) is 11.0. The quantitative estimate of drug-likeness (QED) is 0.0263. The maximum absolute atomic E-state index is 12.8. The minimum absolute atomic E-state index is 0.0873. The van der Waals surface area contributed by atoms with Gasteiger partial charge in [-0.25, -0.2) is 0 Å². The molecule has 352 valence electrons. The molecule has 61 heavy (non-hydrogen) atoms. The lowest BCUT2D eigenvalue weighted by Gasteiger charge is -2.18. The smallest absolute Gasteiger partial charge is 0.306 e. The van der Waals surface area contributed by atoms with E-state index in [1.165, 1.54) is 122 Å². The lowest BCUT2D eigenvalue weighted by molar-refractivity contribution is -0.167. The van der Waals surface area contributed by atoms with Gasteiger partial charge in [0, 0.05) is 19.3 Å². The third-order valence-corrected chi connectivity index (χ3v) is 11.0. The van der Waals surface area contributed by atoms with Crippen LogP contribution >= 0.6 is 0 Å². The maximum atomic E-state index is 12.8. The molecular weight excluding hydrogens is 757 g/mol. The zero-order valence-electron chi connectivity index (χ0n) is 40.2. The fraction of sp³-hybridized carbons (Fsp3) is 0.764. The van der Waals surface area contributed by atoms with Gasteiger partial charge < -0.3 is 14.2 Å². The first-order valence-corrected chi connectivity index (χ1v) is 25.8. The molecule has 0 aliphatic carbocycles. The zero-order chi connectivity index (χ0) is 44.4.